The molecular weight excluding hydrogens is 208 g/mol. The molecule has 1 aromatic rings. The van der Waals surface area contributed by atoms with Crippen LogP contribution in [0.5, 0.6) is 0 Å². The number of rotatable bonds is 6. The second-order valence-corrected chi connectivity index (χ2v) is 3.22. The lowest BCUT2D eigenvalue weighted by atomic mass is 10.1. The minimum absolute atomic E-state index is 0.0337. The topological polar surface area (TPSA) is 69.2 Å². The third kappa shape index (κ3) is 4.63. The average molecular weight is 222 g/mol. The van der Waals surface area contributed by atoms with Gasteiger partial charge in [-0.1, -0.05) is 0 Å². The van der Waals surface area contributed by atoms with E-state index in [1.807, 2.05) is 0 Å². The molecule has 5 nitrogen and oxygen atoms in total. The molecule has 0 aliphatic heterocycles. The lowest BCUT2D eigenvalue weighted by Gasteiger charge is -2.01. The molecule has 0 atom stereocenters. The van der Waals surface area contributed by atoms with Gasteiger partial charge in [0.15, 0.2) is 0 Å². The van der Waals surface area contributed by atoms with Crippen molar-refractivity contribution in [2.24, 2.45) is 0 Å². The van der Waals surface area contributed by atoms with Crippen molar-refractivity contribution < 1.29 is 14.3 Å². The van der Waals surface area contributed by atoms with Crippen LogP contribution in [0.4, 0.5) is 0 Å². The molecule has 16 heavy (non-hydrogen) atoms. The first-order valence-corrected chi connectivity index (χ1v) is 5.14. The monoisotopic (exact) mass is 222 g/mol. The molecule has 0 radical (unpaired) electrons. The Balaban J connectivity index is 2.29. The number of hydrogen-bond acceptors (Lipinski definition) is 5. The molecule has 1 aromatic heterocycles. The summed E-state index contributed by atoms with van der Waals surface area (Å²) in [4.78, 5) is 30.3. The highest BCUT2D eigenvalue weighted by Crippen LogP contribution is 2.00. The summed E-state index contributed by atoms with van der Waals surface area (Å²) in [6.07, 6.45) is 5.17. The molecule has 0 bridgehead atoms. The van der Waals surface area contributed by atoms with Crippen molar-refractivity contribution in [1.29, 1.82) is 0 Å². The van der Waals surface area contributed by atoms with Crippen LogP contribution in [0.3, 0.4) is 0 Å². The van der Waals surface area contributed by atoms with Gasteiger partial charge in [0.05, 0.1) is 25.1 Å². The molecule has 86 valence electrons. The predicted molar refractivity (Wildman–Crippen MR) is 56.6 cm³/mol. The van der Waals surface area contributed by atoms with Crippen LogP contribution in [-0.4, -0.2) is 28.3 Å². The largest absolute Gasteiger partial charge is 0.466 e. The molecule has 0 aromatic carbocycles. The van der Waals surface area contributed by atoms with Crippen LogP contribution in [0, 0.1) is 0 Å². The first-order valence-electron chi connectivity index (χ1n) is 5.14. The Kier molecular flexibility index (Phi) is 5.11. The van der Waals surface area contributed by atoms with E-state index in [0.717, 1.165) is 0 Å². The lowest BCUT2D eigenvalue weighted by Crippen LogP contribution is -2.10. The Morgan fingerprint density at radius 1 is 1.31 bits per heavy atom. The summed E-state index contributed by atoms with van der Waals surface area (Å²) in [6.45, 7) is 2.08. The number of carbonyl (C=O) groups is 2. The molecule has 1 heterocycles. The Hall–Kier alpha value is -1.78. The predicted octanol–water partition coefficient (Wildman–Crippen LogP) is 0.931. The van der Waals surface area contributed by atoms with E-state index in [-0.39, 0.29) is 31.0 Å². The van der Waals surface area contributed by atoms with E-state index in [9.17, 15) is 9.59 Å². The fourth-order valence-electron chi connectivity index (χ4n) is 1.19. The molecule has 5 heteroatoms. The van der Waals surface area contributed by atoms with Gasteiger partial charge in [-0.25, -0.2) is 0 Å². The van der Waals surface area contributed by atoms with E-state index in [2.05, 4.69) is 9.97 Å². The van der Waals surface area contributed by atoms with Gasteiger partial charge in [0.25, 0.3) is 0 Å². The molecule has 0 N–H and O–H groups in total. The molecule has 0 fully saturated rings. The van der Waals surface area contributed by atoms with Gasteiger partial charge < -0.3 is 4.74 Å². The van der Waals surface area contributed by atoms with Crippen LogP contribution in [0.15, 0.2) is 18.6 Å². The Bertz CT molecular complexity index is 352. The molecule has 0 aliphatic carbocycles. The molecule has 0 spiro atoms. The van der Waals surface area contributed by atoms with Gasteiger partial charge >= 0.3 is 5.97 Å². The van der Waals surface area contributed by atoms with Gasteiger partial charge in [0.1, 0.15) is 5.78 Å². The van der Waals surface area contributed by atoms with Crippen LogP contribution < -0.4 is 0 Å². The molecule has 0 saturated heterocycles. The van der Waals surface area contributed by atoms with E-state index in [4.69, 9.17) is 4.74 Å². The van der Waals surface area contributed by atoms with Gasteiger partial charge in [-0.15, -0.1) is 0 Å². The molecule has 0 aliphatic rings. The summed E-state index contributed by atoms with van der Waals surface area (Å²) in [5, 5.41) is 0. The zero-order valence-corrected chi connectivity index (χ0v) is 9.18. The summed E-state index contributed by atoms with van der Waals surface area (Å²) in [6, 6.07) is 0. The van der Waals surface area contributed by atoms with Gasteiger partial charge in [-0.2, -0.15) is 0 Å². The lowest BCUT2D eigenvalue weighted by molar-refractivity contribution is -0.144. The summed E-state index contributed by atoms with van der Waals surface area (Å²) < 4.78 is 4.72. The first kappa shape index (κ1) is 12.3. The number of Topliss-reactive ketones (excluding diaryl/α,β-unsaturated/α-hetero) is 1. The van der Waals surface area contributed by atoms with Crippen LogP contribution >= 0.6 is 0 Å². The van der Waals surface area contributed by atoms with Crippen molar-refractivity contribution in [1.82, 2.24) is 9.97 Å². The number of esters is 1. The quantitative estimate of drug-likeness (QED) is 0.670. The van der Waals surface area contributed by atoms with E-state index in [1.54, 1.807) is 19.3 Å². The Morgan fingerprint density at radius 3 is 2.75 bits per heavy atom. The first-order chi connectivity index (χ1) is 7.72. The molecule has 0 unspecified atom stereocenters. The highest BCUT2D eigenvalue weighted by atomic mass is 16.5. The zero-order chi connectivity index (χ0) is 11.8. The van der Waals surface area contributed by atoms with Crippen molar-refractivity contribution >= 4 is 11.8 Å². The third-order valence-electron chi connectivity index (χ3n) is 1.91. The van der Waals surface area contributed by atoms with Crippen LogP contribution in [0.1, 0.15) is 25.5 Å². The smallest absolute Gasteiger partial charge is 0.306 e. The van der Waals surface area contributed by atoms with Gasteiger partial charge in [0, 0.05) is 25.0 Å². The number of nitrogens with zero attached hydrogens (tertiary/aromatic N) is 2. The summed E-state index contributed by atoms with van der Waals surface area (Å²) >= 11 is 0. The highest BCUT2D eigenvalue weighted by Gasteiger charge is 2.08. The molecule has 1 rings (SSSR count). The molecule has 0 amide bonds. The number of ketones is 1. The third-order valence-corrected chi connectivity index (χ3v) is 1.91. The summed E-state index contributed by atoms with van der Waals surface area (Å²) in [7, 11) is 0. The molecule has 0 saturated carbocycles. The van der Waals surface area contributed by atoms with Crippen molar-refractivity contribution in [3.63, 3.8) is 0 Å². The van der Waals surface area contributed by atoms with Gasteiger partial charge in [0.2, 0.25) is 0 Å². The van der Waals surface area contributed by atoms with Crippen molar-refractivity contribution in [2.75, 3.05) is 6.61 Å². The van der Waals surface area contributed by atoms with E-state index >= 15 is 0 Å². The zero-order valence-electron chi connectivity index (χ0n) is 9.18. The standard InChI is InChI=1S/C11H14N2O3/c1-2-16-11(15)4-3-10(14)7-9-8-12-5-6-13-9/h5-6,8H,2-4,7H2,1H3. The average Bonchev–Trinajstić information content (AvgIpc) is 2.28. The van der Waals surface area contributed by atoms with Crippen molar-refractivity contribution in [3.05, 3.63) is 24.3 Å². The summed E-state index contributed by atoms with van der Waals surface area (Å²) in [5.41, 5.74) is 0.622. The minimum atomic E-state index is -0.338. The number of carbonyl (C=O) groups excluding carboxylic acids is 2. The van der Waals surface area contributed by atoms with Gasteiger partial charge in [-0.05, 0) is 6.92 Å². The Morgan fingerprint density at radius 2 is 2.12 bits per heavy atom. The SMILES string of the molecule is CCOC(=O)CCC(=O)Cc1cnccn1. The maximum absolute atomic E-state index is 11.4. The molecular formula is C11H14N2O3. The van der Waals surface area contributed by atoms with Crippen LogP contribution in [0.2, 0.25) is 0 Å². The van der Waals surface area contributed by atoms with Crippen molar-refractivity contribution in [2.45, 2.75) is 26.2 Å². The maximum Gasteiger partial charge on any atom is 0.306 e. The van der Waals surface area contributed by atoms with E-state index < -0.39 is 0 Å². The van der Waals surface area contributed by atoms with E-state index in [0.29, 0.717) is 12.3 Å². The van der Waals surface area contributed by atoms with Gasteiger partial charge in [-0.3, -0.25) is 19.6 Å². The fourth-order valence-corrected chi connectivity index (χ4v) is 1.19. The minimum Gasteiger partial charge on any atom is -0.466 e. The number of hydrogen-bond donors (Lipinski definition) is 0. The van der Waals surface area contributed by atoms with E-state index in [1.165, 1.54) is 6.20 Å². The second kappa shape index (κ2) is 6.66. The normalized spacial score (nSPS) is 9.81. The Labute approximate surface area is 93.9 Å². The fraction of sp³-hybridized carbons (Fsp3) is 0.455. The van der Waals surface area contributed by atoms with Crippen LogP contribution in [0.25, 0.3) is 0 Å². The van der Waals surface area contributed by atoms with Crippen LogP contribution in [-0.2, 0) is 20.7 Å². The highest BCUT2D eigenvalue weighted by molar-refractivity contribution is 5.84. The number of ether oxygens (including phenoxy) is 1. The second-order valence-electron chi connectivity index (χ2n) is 3.22. The summed E-state index contributed by atoms with van der Waals surface area (Å²) in [5.74, 6) is -0.372. The maximum atomic E-state index is 11.4. The number of aromatic nitrogens is 2. The van der Waals surface area contributed by atoms with Crippen molar-refractivity contribution in [3.8, 4) is 0 Å².